The second-order valence-electron chi connectivity index (χ2n) is 5.29. The van der Waals surface area contributed by atoms with Gasteiger partial charge in [-0.05, 0) is 24.1 Å². The number of primary amides is 1. The number of benzene rings is 1. The van der Waals surface area contributed by atoms with Crippen LogP contribution < -0.4 is 20.5 Å². The lowest BCUT2D eigenvalue weighted by molar-refractivity contribution is -0.120. The molecule has 1 atom stereocenters. The molecule has 6 nitrogen and oxygen atoms in total. The molecule has 2 rings (SSSR count). The highest BCUT2D eigenvalue weighted by molar-refractivity contribution is 8.00. The molecule has 1 aromatic carbocycles. The zero-order chi connectivity index (χ0) is 16.1. The Morgan fingerprint density at radius 2 is 1.91 bits per heavy atom. The summed E-state index contributed by atoms with van der Waals surface area (Å²) in [5.41, 5.74) is 5.02. The summed E-state index contributed by atoms with van der Waals surface area (Å²) in [7, 11) is 0. The molecule has 0 radical (unpaired) electrons. The molecule has 0 aliphatic carbocycles. The van der Waals surface area contributed by atoms with Crippen molar-refractivity contribution in [1.82, 2.24) is 5.32 Å². The van der Waals surface area contributed by atoms with Crippen LogP contribution in [0.5, 0.6) is 11.5 Å². The molecule has 0 fully saturated rings. The summed E-state index contributed by atoms with van der Waals surface area (Å²) in [6, 6.07) is 4.74. The van der Waals surface area contributed by atoms with Crippen molar-refractivity contribution in [3.05, 3.63) is 18.2 Å². The maximum atomic E-state index is 12.1. The number of ether oxygens (including phenoxy) is 2. The Hall–Kier alpha value is -1.89. The van der Waals surface area contributed by atoms with Crippen LogP contribution in [0.25, 0.3) is 0 Å². The molecule has 0 spiro atoms. The first kappa shape index (κ1) is 16.5. The number of imide groups is 1. The fourth-order valence-corrected chi connectivity index (χ4v) is 3.10. The quantitative estimate of drug-likeness (QED) is 0.828. The highest BCUT2D eigenvalue weighted by Gasteiger charge is 2.25. The smallest absolute Gasteiger partial charge is 0.318 e. The number of hydrogen-bond acceptors (Lipinski definition) is 5. The largest absolute Gasteiger partial charge is 0.490 e. The van der Waals surface area contributed by atoms with Gasteiger partial charge in [0.05, 0.1) is 18.5 Å². The molecular formula is C15H20N2O4S. The molecule has 1 aliphatic heterocycles. The van der Waals surface area contributed by atoms with Crippen LogP contribution in [0.3, 0.4) is 0 Å². The van der Waals surface area contributed by atoms with Gasteiger partial charge in [-0.3, -0.25) is 10.1 Å². The van der Waals surface area contributed by atoms with Gasteiger partial charge in [0.1, 0.15) is 0 Å². The average Bonchev–Trinajstić information content (AvgIpc) is 2.68. The maximum Gasteiger partial charge on any atom is 0.318 e. The van der Waals surface area contributed by atoms with E-state index in [1.165, 1.54) is 11.8 Å². The van der Waals surface area contributed by atoms with Crippen LogP contribution in [0, 0.1) is 5.92 Å². The van der Waals surface area contributed by atoms with Crippen LogP contribution in [-0.4, -0.2) is 30.4 Å². The van der Waals surface area contributed by atoms with Crippen LogP contribution >= 0.6 is 11.8 Å². The van der Waals surface area contributed by atoms with Crippen molar-refractivity contribution in [3.8, 4) is 11.5 Å². The molecule has 1 aliphatic rings. The Morgan fingerprint density at radius 1 is 1.23 bits per heavy atom. The molecule has 0 saturated heterocycles. The third kappa shape index (κ3) is 4.30. The van der Waals surface area contributed by atoms with Crippen molar-refractivity contribution >= 4 is 23.7 Å². The third-order valence-corrected chi connectivity index (χ3v) is 4.63. The maximum absolute atomic E-state index is 12.1. The number of amides is 3. The summed E-state index contributed by atoms with van der Waals surface area (Å²) in [4.78, 5) is 23.8. The predicted molar refractivity (Wildman–Crippen MR) is 84.3 cm³/mol. The van der Waals surface area contributed by atoms with Crippen LogP contribution in [0.4, 0.5) is 4.79 Å². The van der Waals surface area contributed by atoms with Crippen LogP contribution in [0.2, 0.25) is 0 Å². The summed E-state index contributed by atoms with van der Waals surface area (Å²) < 4.78 is 11.2. The zero-order valence-electron chi connectivity index (χ0n) is 12.6. The number of fused-ring (bicyclic) bond motifs is 1. The van der Waals surface area contributed by atoms with Gasteiger partial charge in [0.15, 0.2) is 11.5 Å². The number of thioether (sulfide) groups is 1. The molecule has 7 heteroatoms. The summed E-state index contributed by atoms with van der Waals surface area (Å²) in [5.74, 6) is 1.05. The Kier molecular flexibility index (Phi) is 5.54. The number of nitrogens with one attached hydrogen (secondary N) is 1. The monoisotopic (exact) mass is 324 g/mol. The zero-order valence-corrected chi connectivity index (χ0v) is 13.4. The topological polar surface area (TPSA) is 90.7 Å². The number of rotatable bonds is 4. The molecule has 1 heterocycles. The Labute approximate surface area is 133 Å². The highest BCUT2D eigenvalue weighted by Crippen LogP contribution is 2.36. The Balaban J connectivity index is 2.14. The fraction of sp³-hybridized carbons (Fsp3) is 0.467. The van der Waals surface area contributed by atoms with Crippen molar-refractivity contribution in [2.24, 2.45) is 11.7 Å². The van der Waals surface area contributed by atoms with E-state index in [1.54, 1.807) is 0 Å². The highest BCUT2D eigenvalue weighted by atomic mass is 32.2. The van der Waals surface area contributed by atoms with Crippen molar-refractivity contribution in [1.29, 1.82) is 0 Å². The lowest BCUT2D eigenvalue weighted by atomic mass is 10.1. The SMILES string of the molecule is CC(C)C(Sc1ccc2c(c1)OCCCO2)C(=O)NC(N)=O. The van der Waals surface area contributed by atoms with Crippen LogP contribution in [-0.2, 0) is 4.79 Å². The number of urea groups is 1. The second kappa shape index (κ2) is 7.40. The Bertz CT molecular complexity index is 562. The van der Waals surface area contributed by atoms with E-state index < -0.39 is 11.3 Å². The first-order valence-corrected chi connectivity index (χ1v) is 8.02. The molecular weight excluding hydrogens is 304 g/mol. The molecule has 3 amide bonds. The molecule has 1 unspecified atom stereocenters. The van der Waals surface area contributed by atoms with Crippen LogP contribution in [0.15, 0.2) is 23.1 Å². The van der Waals surface area contributed by atoms with E-state index in [0.29, 0.717) is 24.7 Å². The van der Waals surface area contributed by atoms with Gasteiger partial charge >= 0.3 is 6.03 Å². The lowest BCUT2D eigenvalue weighted by Gasteiger charge is -2.19. The van der Waals surface area contributed by atoms with E-state index in [0.717, 1.165) is 11.3 Å². The number of hydrogen-bond donors (Lipinski definition) is 2. The molecule has 1 aromatic rings. The lowest BCUT2D eigenvalue weighted by Crippen LogP contribution is -2.42. The predicted octanol–water partition coefficient (Wildman–Crippen LogP) is 2.16. The van der Waals surface area contributed by atoms with Crippen molar-refractivity contribution in [3.63, 3.8) is 0 Å². The van der Waals surface area contributed by atoms with E-state index in [9.17, 15) is 9.59 Å². The standard InChI is InChI=1S/C15H20N2O4S/c1-9(2)13(14(18)17-15(16)19)22-10-4-5-11-12(8-10)21-7-3-6-20-11/h4-5,8-9,13H,3,6-7H2,1-2H3,(H3,16,17,18,19). The van der Waals surface area contributed by atoms with Crippen molar-refractivity contribution < 1.29 is 19.1 Å². The number of nitrogens with two attached hydrogens (primary N) is 1. The first-order chi connectivity index (χ1) is 10.5. The summed E-state index contributed by atoms with van der Waals surface area (Å²) in [6.07, 6.45) is 0.840. The normalized spacial score (nSPS) is 15.0. The molecule has 0 saturated carbocycles. The van der Waals surface area contributed by atoms with Gasteiger partial charge < -0.3 is 15.2 Å². The van der Waals surface area contributed by atoms with Crippen molar-refractivity contribution in [2.75, 3.05) is 13.2 Å². The second-order valence-corrected chi connectivity index (χ2v) is 6.51. The fourth-order valence-electron chi connectivity index (χ4n) is 2.05. The van der Waals surface area contributed by atoms with Gasteiger partial charge in [-0.25, -0.2) is 4.79 Å². The summed E-state index contributed by atoms with van der Waals surface area (Å²) in [6.45, 7) is 5.08. The minimum Gasteiger partial charge on any atom is -0.490 e. The van der Waals surface area contributed by atoms with Gasteiger partial charge in [-0.1, -0.05) is 13.8 Å². The van der Waals surface area contributed by atoms with Crippen molar-refractivity contribution in [2.45, 2.75) is 30.4 Å². The Morgan fingerprint density at radius 3 is 2.55 bits per heavy atom. The average molecular weight is 324 g/mol. The number of carbonyl (C=O) groups is 2. The van der Waals surface area contributed by atoms with E-state index in [2.05, 4.69) is 5.32 Å². The molecule has 22 heavy (non-hydrogen) atoms. The van der Waals surface area contributed by atoms with E-state index in [4.69, 9.17) is 15.2 Å². The van der Waals surface area contributed by atoms with Gasteiger partial charge in [0.2, 0.25) is 5.91 Å². The van der Waals surface area contributed by atoms with Gasteiger partial charge in [0, 0.05) is 11.3 Å². The number of carbonyl (C=O) groups excluding carboxylic acids is 2. The van der Waals surface area contributed by atoms with Gasteiger partial charge in [-0.15, -0.1) is 11.8 Å². The van der Waals surface area contributed by atoms with Gasteiger partial charge in [0.25, 0.3) is 0 Å². The van der Waals surface area contributed by atoms with E-state index >= 15 is 0 Å². The minimum atomic E-state index is -0.838. The molecule has 120 valence electrons. The summed E-state index contributed by atoms with van der Waals surface area (Å²) in [5, 5.41) is 1.72. The van der Waals surface area contributed by atoms with E-state index in [-0.39, 0.29) is 11.8 Å². The first-order valence-electron chi connectivity index (χ1n) is 7.14. The summed E-state index contributed by atoms with van der Waals surface area (Å²) >= 11 is 1.37. The molecule has 0 bridgehead atoms. The molecule has 3 N–H and O–H groups in total. The van der Waals surface area contributed by atoms with E-state index in [1.807, 2.05) is 32.0 Å². The minimum absolute atomic E-state index is 0.0420. The van der Waals surface area contributed by atoms with Gasteiger partial charge in [-0.2, -0.15) is 0 Å². The molecule has 0 aromatic heterocycles. The third-order valence-electron chi connectivity index (χ3n) is 3.09. The van der Waals surface area contributed by atoms with Crippen LogP contribution in [0.1, 0.15) is 20.3 Å².